The molecule has 10 heteroatoms. The molecule has 4 N–H and O–H groups in total. The van der Waals surface area contributed by atoms with Crippen molar-refractivity contribution in [3.8, 4) is 0 Å². The third kappa shape index (κ3) is 3.00. The number of carbonyl (C=O) groups is 1. The zero-order valence-corrected chi connectivity index (χ0v) is 15.6. The molecule has 8 nitrogen and oxygen atoms in total. The lowest BCUT2D eigenvalue weighted by molar-refractivity contribution is 0.0699. The van der Waals surface area contributed by atoms with Gasteiger partial charge in [0.25, 0.3) is 15.6 Å². The summed E-state index contributed by atoms with van der Waals surface area (Å²) in [7, 11) is -3.96. The van der Waals surface area contributed by atoms with Crippen LogP contribution in [0.1, 0.15) is 10.4 Å². The first-order valence-electron chi connectivity index (χ1n) is 7.95. The number of aromatic amines is 2. The number of sulfonamides is 1. The van der Waals surface area contributed by atoms with Crippen molar-refractivity contribution in [2.75, 3.05) is 4.72 Å². The molecule has 28 heavy (non-hydrogen) atoms. The van der Waals surface area contributed by atoms with Gasteiger partial charge in [-0.2, -0.15) is 0 Å². The fourth-order valence-electron chi connectivity index (χ4n) is 2.97. The quantitative estimate of drug-likeness (QED) is 0.405. The Morgan fingerprint density at radius 1 is 1.11 bits per heavy atom. The van der Waals surface area contributed by atoms with Crippen LogP contribution in [0, 0.1) is 0 Å². The third-order valence-corrected chi connectivity index (χ3v) is 5.88. The van der Waals surface area contributed by atoms with Gasteiger partial charge in [0.2, 0.25) is 0 Å². The fourth-order valence-corrected chi connectivity index (χ4v) is 4.18. The van der Waals surface area contributed by atoms with Crippen LogP contribution in [0.2, 0.25) is 5.02 Å². The summed E-state index contributed by atoms with van der Waals surface area (Å²) in [5.41, 5.74) is 0.0929. The highest BCUT2D eigenvalue weighted by atomic mass is 35.5. The normalized spacial score (nSPS) is 11.8. The van der Waals surface area contributed by atoms with Crippen molar-refractivity contribution in [1.29, 1.82) is 0 Å². The van der Waals surface area contributed by atoms with Crippen molar-refractivity contribution in [3.63, 3.8) is 0 Å². The van der Waals surface area contributed by atoms with Gasteiger partial charge >= 0.3 is 5.97 Å². The maximum atomic E-state index is 12.8. The van der Waals surface area contributed by atoms with Crippen molar-refractivity contribution in [2.24, 2.45) is 0 Å². The van der Waals surface area contributed by atoms with Gasteiger partial charge in [0.1, 0.15) is 5.52 Å². The number of halogens is 1. The topological polar surface area (TPSA) is 132 Å². The van der Waals surface area contributed by atoms with Crippen LogP contribution in [0.25, 0.3) is 21.8 Å². The SMILES string of the molecule is O=C(O)c1c[nH]c2c(=O)[nH]c3ccc(S(=O)(=O)Nc4ccc(Cl)cc4)cc3c12. The zero-order chi connectivity index (χ0) is 20.1. The molecule has 0 spiro atoms. The minimum atomic E-state index is -3.96. The van der Waals surface area contributed by atoms with Gasteiger partial charge in [-0.15, -0.1) is 0 Å². The Morgan fingerprint density at radius 3 is 2.50 bits per heavy atom. The summed E-state index contributed by atoms with van der Waals surface area (Å²) in [6.45, 7) is 0. The van der Waals surface area contributed by atoms with Crippen LogP contribution >= 0.6 is 11.6 Å². The lowest BCUT2D eigenvalue weighted by Gasteiger charge is -2.10. The first kappa shape index (κ1) is 18.1. The van der Waals surface area contributed by atoms with E-state index in [1.54, 1.807) is 12.1 Å². The number of anilines is 1. The number of benzene rings is 2. The second-order valence-electron chi connectivity index (χ2n) is 6.03. The van der Waals surface area contributed by atoms with E-state index in [2.05, 4.69) is 14.7 Å². The lowest BCUT2D eigenvalue weighted by atomic mass is 10.1. The molecule has 4 aromatic rings. The Kier molecular flexibility index (Phi) is 4.13. The minimum Gasteiger partial charge on any atom is -0.478 e. The highest BCUT2D eigenvalue weighted by molar-refractivity contribution is 7.92. The molecule has 2 aromatic carbocycles. The Bertz CT molecular complexity index is 1410. The second-order valence-corrected chi connectivity index (χ2v) is 8.15. The number of pyridine rings is 1. The molecule has 2 heterocycles. The van der Waals surface area contributed by atoms with E-state index in [4.69, 9.17) is 11.6 Å². The van der Waals surface area contributed by atoms with Gasteiger partial charge < -0.3 is 15.1 Å². The number of hydrogen-bond acceptors (Lipinski definition) is 4. The summed E-state index contributed by atoms with van der Waals surface area (Å²) in [5, 5.41) is 10.3. The number of hydrogen-bond donors (Lipinski definition) is 4. The van der Waals surface area contributed by atoms with Crippen LogP contribution in [-0.2, 0) is 10.0 Å². The number of aromatic carboxylic acids is 1. The monoisotopic (exact) mass is 417 g/mol. The number of fused-ring (bicyclic) bond motifs is 3. The van der Waals surface area contributed by atoms with Crippen molar-refractivity contribution >= 4 is 55.1 Å². The molecule has 0 unspecified atom stereocenters. The minimum absolute atomic E-state index is 0.0603. The Hall–Kier alpha value is -3.30. The van der Waals surface area contributed by atoms with Crippen LogP contribution in [0.4, 0.5) is 5.69 Å². The number of nitrogens with one attached hydrogen (secondary N) is 3. The van der Waals surface area contributed by atoms with Gasteiger partial charge in [-0.1, -0.05) is 11.6 Å². The molecule has 0 fully saturated rings. The lowest BCUT2D eigenvalue weighted by Crippen LogP contribution is -2.13. The molecule has 0 amide bonds. The molecule has 0 aliphatic carbocycles. The standard InChI is InChI=1S/C18H12ClN3O5S/c19-9-1-3-10(4-2-9)22-28(26,27)11-5-6-14-12(7-11)15-13(18(24)25)8-20-16(15)17(23)21-14/h1-8,20,22H,(H,21,23)(H,24,25). The molecule has 0 radical (unpaired) electrons. The number of carboxylic acids is 1. The van der Waals surface area contributed by atoms with E-state index in [0.717, 1.165) is 0 Å². The van der Waals surface area contributed by atoms with E-state index < -0.39 is 21.6 Å². The van der Waals surface area contributed by atoms with Crippen molar-refractivity contribution < 1.29 is 18.3 Å². The van der Waals surface area contributed by atoms with E-state index in [9.17, 15) is 23.1 Å². The Morgan fingerprint density at radius 2 is 1.82 bits per heavy atom. The van der Waals surface area contributed by atoms with Crippen LogP contribution in [0.15, 0.2) is 58.4 Å². The van der Waals surface area contributed by atoms with E-state index in [1.807, 2.05) is 0 Å². The molecule has 0 atom stereocenters. The Balaban J connectivity index is 1.91. The molecule has 0 aliphatic rings. The van der Waals surface area contributed by atoms with Gasteiger partial charge in [-0.25, -0.2) is 13.2 Å². The number of H-pyrrole nitrogens is 2. The molecule has 0 saturated heterocycles. The summed E-state index contributed by atoms with van der Waals surface area (Å²) in [6.07, 6.45) is 1.20. The average molecular weight is 418 g/mol. The summed E-state index contributed by atoms with van der Waals surface area (Å²) < 4.78 is 27.9. The van der Waals surface area contributed by atoms with Gasteiger partial charge in [0.05, 0.1) is 10.5 Å². The van der Waals surface area contributed by atoms with Crippen LogP contribution in [0.3, 0.4) is 0 Å². The fraction of sp³-hybridized carbons (Fsp3) is 0. The highest BCUT2D eigenvalue weighted by Gasteiger charge is 2.20. The summed E-state index contributed by atoms with van der Waals surface area (Å²) in [6, 6.07) is 10.2. The maximum Gasteiger partial charge on any atom is 0.337 e. The highest BCUT2D eigenvalue weighted by Crippen LogP contribution is 2.28. The molecule has 0 aliphatic heterocycles. The van der Waals surface area contributed by atoms with Gasteiger partial charge in [0.15, 0.2) is 0 Å². The predicted octanol–water partition coefficient (Wildman–Crippen LogP) is 3.16. The van der Waals surface area contributed by atoms with E-state index in [1.165, 1.54) is 36.5 Å². The van der Waals surface area contributed by atoms with Gasteiger partial charge in [-0.3, -0.25) is 9.52 Å². The largest absolute Gasteiger partial charge is 0.478 e. The van der Waals surface area contributed by atoms with Crippen LogP contribution in [-0.4, -0.2) is 29.5 Å². The van der Waals surface area contributed by atoms with Gasteiger partial charge in [-0.05, 0) is 42.5 Å². The second kappa shape index (κ2) is 6.39. The predicted molar refractivity (Wildman–Crippen MR) is 106 cm³/mol. The first-order valence-corrected chi connectivity index (χ1v) is 9.81. The number of aromatic nitrogens is 2. The summed E-state index contributed by atoms with van der Waals surface area (Å²) in [4.78, 5) is 28.8. The van der Waals surface area contributed by atoms with Crippen LogP contribution < -0.4 is 10.3 Å². The van der Waals surface area contributed by atoms with Crippen molar-refractivity contribution in [3.05, 3.63) is 69.6 Å². The molecule has 2 aromatic heterocycles. The summed E-state index contributed by atoms with van der Waals surface area (Å²) >= 11 is 5.81. The first-order chi connectivity index (χ1) is 13.3. The average Bonchev–Trinajstić information content (AvgIpc) is 3.10. The maximum absolute atomic E-state index is 12.8. The van der Waals surface area contributed by atoms with Crippen molar-refractivity contribution in [2.45, 2.75) is 4.90 Å². The number of carboxylic acid groups (broad SMARTS) is 1. The summed E-state index contributed by atoms with van der Waals surface area (Å²) in [5.74, 6) is -1.23. The molecular weight excluding hydrogens is 406 g/mol. The van der Waals surface area contributed by atoms with E-state index >= 15 is 0 Å². The zero-order valence-electron chi connectivity index (χ0n) is 14.0. The van der Waals surface area contributed by atoms with E-state index in [-0.39, 0.29) is 21.4 Å². The smallest absolute Gasteiger partial charge is 0.337 e. The molecular formula is C18H12ClN3O5S. The third-order valence-electron chi connectivity index (χ3n) is 4.25. The molecule has 0 saturated carbocycles. The molecule has 142 valence electrons. The van der Waals surface area contributed by atoms with Crippen molar-refractivity contribution in [1.82, 2.24) is 9.97 Å². The van der Waals surface area contributed by atoms with Crippen LogP contribution in [0.5, 0.6) is 0 Å². The Labute approximate surface area is 162 Å². The number of rotatable bonds is 4. The van der Waals surface area contributed by atoms with Gasteiger partial charge in [0, 0.05) is 33.2 Å². The van der Waals surface area contributed by atoms with E-state index in [0.29, 0.717) is 21.6 Å². The molecule has 4 rings (SSSR count). The molecule has 0 bridgehead atoms.